The number of carbonyl (C=O) groups excluding carboxylic acids is 2. The summed E-state index contributed by atoms with van der Waals surface area (Å²) in [5, 5.41) is 16.1. The Morgan fingerprint density at radius 2 is 1.93 bits per heavy atom. The third-order valence-electron chi connectivity index (χ3n) is 4.73. The van der Waals surface area contributed by atoms with Crippen molar-refractivity contribution in [2.45, 2.75) is 19.6 Å². The van der Waals surface area contributed by atoms with Crippen molar-refractivity contribution in [2.75, 3.05) is 6.79 Å². The molecule has 30 heavy (non-hydrogen) atoms. The average molecular weight is 411 g/mol. The first-order valence-electron chi connectivity index (χ1n) is 9.00. The minimum absolute atomic E-state index is 0.00676. The summed E-state index contributed by atoms with van der Waals surface area (Å²) in [4.78, 5) is 35.2. The first-order chi connectivity index (χ1) is 14.4. The number of nitro groups is 1. The number of hydrogen-bond donors (Lipinski definition) is 2. The number of carbonyl (C=O) groups is 2. The van der Waals surface area contributed by atoms with Crippen molar-refractivity contribution in [3.63, 3.8) is 0 Å². The maximum atomic E-state index is 12.8. The number of fused-ring (bicyclic) bond motifs is 1. The highest BCUT2D eigenvalue weighted by atomic mass is 16.7. The third kappa shape index (κ3) is 3.75. The maximum absolute atomic E-state index is 12.8. The molecule has 2 aliphatic rings. The molecule has 10 nitrogen and oxygen atoms in total. The van der Waals surface area contributed by atoms with Crippen LogP contribution >= 0.6 is 0 Å². The van der Waals surface area contributed by atoms with Gasteiger partial charge in [-0.2, -0.15) is 0 Å². The van der Waals surface area contributed by atoms with Crippen LogP contribution in [0.1, 0.15) is 24.1 Å². The summed E-state index contributed by atoms with van der Waals surface area (Å²) < 4.78 is 16.0. The molecule has 2 aliphatic heterocycles. The summed E-state index contributed by atoms with van der Waals surface area (Å²) in [5.41, 5.74) is 1.70. The van der Waals surface area contributed by atoms with Crippen LogP contribution in [0.15, 0.2) is 53.7 Å². The molecular weight excluding hydrogens is 394 g/mol. The van der Waals surface area contributed by atoms with E-state index in [1.54, 1.807) is 25.1 Å². The van der Waals surface area contributed by atoms with E-state index in [1.807, 2.05) is 0 Å². The number of allylic oxidation sites excluding steroid dienone is 1. The second kappa shape index (κ2) is 7.74. The molecule has 0 saturated heterocycles. The van der Waals surface area contributed by atoms with Crippen LogP contribution < -0.4 is 20.1 Å². The summed E-state index contributed by atoms with van der Waals surface area (Å²) in [6, 6.07) is 9.55. The molecule has 0 aliphatic carbocycles. The van der Waals surface area contributed by atoms with Crippen LogP contribution in [0.2, 0.25) is 0 Å². The van der Waals surface area contributed by atoms with Gasteiger partial charge in [0.25, 0.3) is 5.69 Å². The summed E-state index contributed by atoms with van der Waals surface area (Å²) in [6.45, 7) is 1.73. The first kappa shape index (κ1) is 19.2. The third-order valence-corrected chi connectivity index (χ3v) is 4.73. The lowest BCUT2D eigenvalue weighted by Gasteiger charge is -2.28. The van der Waals surface area contributed by atoms with E-state index in [0.29, 0.717) is 28.3 Å². The molecular formula is C20H17N3O7. The summed E-state index contributed by atoms with van der Waals surface area (Å²) >= 11 is 0. The first-order valence-corrected chi connectivity index (χ1v) is 9.00. The van der Waals surface area contributed by atoms with Crippen LogP contribution in [0, 0.1) is 10.1 Å². The van der Waals surface area contributed by atoms with Crippen LogP contribution in [0.5, 0.6) is 11.5 Å². The summed E-state index contributed by atoms with van der Waals surface area (Å²) in [7, 11) is 0. The van der Waals surface area contributed by atoms with Gasteiger partial charge in [0.05, 0.1) is 16.5 Å². The predicted molar refractivity (Wildman–Crippen MR) is 103 cm³/mol. The Morgan fingerprint density at radius 1 is 1.20 bits per heavy atom. The van der Waals surface area contributed by atoms with E-state index in [0.717, 1.165) is 0 Å². The number of ether oxygens (including phenoxy) is 3. The van der Waals surface area contributed by atoms with E-state index in [9.17, 15) is 19.7 Å². The minimum atomic E-state index is -0.802. The van der Waals surface area contributed by atoms with Crippen molar-refractivity contribution >= 4 is 17.7 Å². The Hall–Kier alpha value is -4.08. The Morgan fingerprint density at radius 3 is 2.67 bits per heavy atom. The number of non-ortho nitro benzene ring substituents is 1. The van der Waals surface area contributed by atoms with E-state index < -0.39 is 23.0 Å². The van der Waals surface area contributed by atoms with E-state index in [1.165, 1.54) is 24.3 Å². The molecule has 1 atom stereocenters. The number of nitrogens with one attached hydrogen (secondary N) is 2. The largest absolute Gasteiger partial charge is 0.457 e. The zero-order chi connectivity index (χ0) is 21.3. The highest BCUT2D eigenvalue weighted by Gasteiger charge is 2.32. The van der Waals surface area contributed by atoms with Gasteiger partial charge in [-0.25, -0.2) is 9.59 Å². The molecule has 4 rings (SSSR count). The van der Waals surface area contributed by atoms with Gasteiger partial charge in [0.1, 0.15) is 6.61 Å². The topological polar surface area (TPSA) is 129 Å². The quantitative estimate of drug-likeness (QED) is 0.440. The highest BCUT2D eigenvalue weighted by molar-refractivity contribution is 5.95. The fraction of sp³-hybridized carbons (Fsp3) is 0.200. The smallest absolute Gasteiger partial charge is 0.338 e. The van der Waals surface area contributed by atoms with Crippen molar-refractivity contribution in [1.82, 2.24) is 10.6 Å². The number of amides is 2. The monoisotopic (exact) mass is 411 g/mol. The molecule has 2 N–H and O–H groups in total. The van der Waals surface area contributed by atoms with Crippen LogP contribution in [0.25, 0.3) is 0 Å². The molecule has 2 aromatic carbocycles. The molecule has 2 amide bonds. The van der Waals surface area contributed by atoms with Gasteiger partial charge < -0.3 is 24.8 Å². The minimum Gasteiger partial charge on any atom is -0.457 e. The standard InChI is InChI=1S/C20H17N3O7/c1-11-17(19(24)28-9-12-2-7-15-16(8-12)30-10-29-15)18(22-20(25)21-11)13-3-5-14(6-4-13)23(26)27/h2-8,18H,9-10H2,1H3,(H2,21,22,25)/t18-/m1/s1. The lowest BCUT2D eigenvalue weighted by atomic mass is 9.95. The molecule has 0 unspecified atom stereocenters. The molecule has 0 bridgehead atoms. The molecule has 154 valence electrons. The van der Waals surface area contributed by atoms with Crippen LogP contribution in [0.3, 0.4) is 0 Å². The predicted octanol–water partition coefficient (Wildman–Crippen LogP) is 2.69. The van der Waals surface area contributed by atoms with Crippen molar-refractivity contribution in [1.29, 1.82) is 0 Å². The summed E-state index contributed by atoms with van der Waals surface area (Å²) in [6.07, 6.45) is 0. The van der Waals surface area contributed by atoms with Gasteiger partial charge in [-0.1, -0.05) is 6.07 Å². The van der Waals surface area contributed by atoms with Gasteiger partial charge >= 0.3 is 12.0 Å². The number of hydrogen-bond acceptors (Lipinski definition) is 7. The molecule has 2 heterocycles. The van der Waals surface area contributed by atoms with Gasteiger partial charge in [-0.05, 0) is 42.3 Å². The molecule has 2 aromatic rings. The zero-order valence-electron chi connectivity index (χ0n) is 15.8. The maximum Gasteiger partial charge on any atom is 0.338 e. The second-order valence-electron chi connectivity index (χ2n) is 6.68. The molecule has 10 heteroatoms. The van der Waals surface area contributed by atoms with Gasteiger partial charge in [0.15, 0.2) is 11.5 Å². The van der Waals surface area contributed by atoms with Crippen molar-refractivity contribution in [3.8, 4) is 11.5 Å². The molecule has 0 spiro atoms. The van der Waals surface area contributed by atoms with Crippen LogP contribution in [0.4, 0.5) is 10.5 Å². The lowest BCUT2D eigenvalue weighted by Crippen LogP contribution is -2.45. The van der Waals surface area contributed by atoms with Gasteiger partial charge in [0, 0.05) is 17.8 Å². The van der Waals surface area contributed by atoms with Crippen molar-refractivity contribution in [3.05, 3.63) is 75.0 Å². The van der Waals surface area contributed by atoms with Gasteiger partial charge in [-0.3, -0.25) is 10.1 Å². The average Bonchev–Trinajstić information content (AvgIpc) is 3.19. The fourth-order valence-electron chi connectivity index (χ4n) is 3.26. The number of rotatable bonds is 5. The normalized spacial score (nSPS) is 17.2. The number of benzene rings is 2. The number of urea groups is 1. The van der Waals surface area contributed by atoms with Crippen LogP contribution in [-0.4, -0.2) is 23.7 Å². The highest BCUT2D eigenvalue weighted by Crippen LogP contribution is 2.33. The van der Waals surface area contributed by atoms with Crippen molar-refractivity contribution < 1.29 is 28.7 Å². The number of nitro benzene ring substituents is 1. The number of esters is 1. The SMILES string of the molecule is CC1=C(C(=O)OCc2ccc3c(c2)OCO3)[C@@H](c2ccc([N+](=O)[O-])cc2)NC(=O)N1. The zero-order valence-corrected chi connectivity index (χ0v) is 15.8. The molecule has 0 aromatic heterocycles. The Balaban J connectivity index is 1.54. The van der Waals surface area contributed by atoms with E-state index in [4.69, 9.17) is 14.2 Å². The Bertz CT molecular complexity index is 1060. The van der Waals surface area contributed by atoms with Crippen molar-refractivity contribution in [2.24, 2.45) is 0 Å². The Labute approximate surface area is 170 Å². The van der Waals surface area contributed by atoms with E-state index in [2.05, 4.69) is 10.6 Å². The second-order valence-corrected chi connectivity index (χ2v) is 6.68. The summed E-state index contributed by atoms with van der Waals surface area (Å²) in [5.74, 6) is 0.580. The fourth-order valence-corrected chi connectivity index (χ4v) is 3.26. The molecule has 0 saturated carbocycles. The van der Waals surface area contributed by atoms with Gasteiger partial charge in [0.2, 0.25) is 6.79 Å². The molecule has 0 fully saturated rings. The lowest BCUT2D eigenvalue weighted by molar-refractivity contribution is -0.384. The van der Waals surface area contributed by atoms with Crippen LogP contribution in [-0.2, 0) is 16.1 Å². The van der Waals surface area contributed by atoms with Gasteiger partial charge in [-0.15, -0.1) is 0 Å². The van der Waals surface area contributed by atoms with E-state index in [-0.39, 0.29) is 24.7 Å². The Kier molecular flexibility index (Phi) is 4.97. The molecule has 0 radical (unpaired) electrons. The van der Waals surface area contributed by atoms with E-state index >= 15 is 0 Å². The number of nitrogens with zero attached hydrogens (tertiary/aromatic N) is 1.